The highest BCUT2D eigenvalue weighted by molar-refractivity contribution is 5.99. The zero-order valence-corrected chi connectivity index (χ0v) is 12.5. The summed E-state index contributed by atoms with van der Waals surface area (Å²) in [5.41, 5.74) is 1.39. The first-order valence-electron chi connectivity index (χ1n) is 6.84. The molecule has 4 heteroatoms. The molecule has 0 heterocycles. The average molecular weight is 278 g/mol. The van der Waals surface area contributed by atoms with Crippen molar-refractivity contribution in [3.05, 3.63) is 34.9 Å². The molecule has 0 amide bonds. The van der Waals surface area contributed by atoms with Gasteiger partial charge in [0.1, 0.15) is 0 Å². The van der Waals surface area contributed by atoms with E-state index in [0.717, 1.165) is 16.7 Å². The van der Waals surface area contributed by atoms with Crippen molar-refractivity contribution >= 4 is 11.9 Å². The van der Waals surface area contributed by atoms with Crippen molar-refractivity contribution in [1.82, 2.24) is 0 Å². The van der Waals surface area contributed by atoms with Gasteiger partial charge in [0, 0.05) is 0 Å². The van der Waals surface area contributed by atoms with Crippen molar-refractivity contribution in [3.63, 3.8) is 0 Å². The predicted octanol–water partition coefficient (Wildman–Crippen LogP) is 2.89. The van der Waals surface area contributed by atoms with Crippen LogP contribution in [0.3, 0.4) is 0 Å². The summed E-state index contributed by atoms with van der Waals surface area (Å²) in [6.07, 6.45) is 0.366. The molecular weight excluding hydrogens is 256 g/mol. The van der Waals surface area contributed by atoms with Gasteiger partial charge < -0.3 is 9.84 Å². The fourth-order valence-electron chi connectivity index (χ4n) is 2.35. The molecule has 0 radical (unpaired) electrons. The molecule has 0 saturated carbocycles. The van der Waals surface area contributed by atoms with Crippen molar-refractivity contribution in [2.45, 2.75) is 40.5 Å². The standard InChI is InChI=1S/C16H22O4/c1-5-16(14(17)18,15(19)20-6-2)10-13-11(3)8-7-9-12(13)4/h7-9H,5-6,10H2,1-4H3,(H,17,18). The summed E-state index contributed by atoms with van der Waals surface area (Å²) in [7, 11) is 0. The molecular formula is C16H22O4. The quantitative estimate of drug-likeness (QED) is 0.642. The average Bonchev–Trinajstić information content (AvgIpc) is 2.38. The Kier molecular flexibility index (Phi) is 5.31. The summed E-state index contributed by atoms with van der Waals surface area (Å²) in [4.78, 5) is 23.9. The van der Waals surface area contributed by atoms with Crippen molar-refractivity contribution in [3.8, 4) is 0 Å². The number of carbonyl (C=O) groups is 2. The number of aliphatic carboxylic acids is 1. The van der Waals surface area contributed by atoms with Crippen LogP contribution in [0.25, 0.3) is 0 Å². The summed E-state index contributed by atoms with van der Waals surface area (Å²) < 4.78 is 4.99. The van der Waals surface area contributed by atoms with Crippen LogP contribution in [0.2, 0.25) is 0 Å². The third-order valence-corrected chi connectivity index (χ3v) is 3.80. The van der Waals surface area contributed by atoms with E-state index in [0.29, 0.717) is 0 Å². The first kappa shape index (κ1) is 16.2. The number of carboxylic acid groups (broad SMARTS) is 1. The smallest absolute Gasteiger partial charge is 0.323 e. The topological polar surface area (TPSA) is 63.6 Å². The van der Waals surface area contributed by atoms with Gasteiger partial charge in [-0.3, -0.25) is 9.59 Å². The van der Waals surface area contributed by atoms with Crippen molar-refractivity contribution in [1.29, 1.82) is 0 Å². The first-order valence-corrected chi connectivity index (χ1v) is 6.84. The molecule has 1 unspecified atom stereocenters. The predicted molar refractivity (Wildman–Crippen MR) is 76.6 cm³/mol. The molecule has 0 spiro atoms. The largest absolute Gasteiger partial charge is 0.480 e. The van der Waals surface area contributed by atoms with Crippen LogP contribution in [0.5, 0.6) is 0 Å². The van der Waals surface area contributed by atoms with Crippen LogP contribution in [-0.2, 0) is 20.7 Å². The second-order valence-electron chi connectivity index (χ2n) is 5.01. The van der Waals surface area contributed by atoms with Gasteiger partial charge in [-0.2, -0.15) is 0 Å². The fraction of sp³-hybridized carbons (Fsp3) is 0.500. The Hall–Kier alpha value is -1.84. The third-order valence-electron chi connectivity index (χ3n) is 3.80. The lowest BCUT2D eigenvalue weighted by Gasteiger charge is -2.27. The van der Waals surface area contributed by atoms with E-state index < -0.39 is 17.4 Å². The number of carbonyl (C=O) groups excluding carboxylic acids is 1. The SMILES string of the molecule is CCOC(=O)C(CC)(Cc1c(C)cccc1C)C(=O)O. The summed E-state index contributed by atoms with van der Waals surface area (Å²) in [5, 5.41) is 9.56. The Balaban J connectivity index is 3.26. The first-order chi connectivity index (χ1) is 9.39. The zero-order valence-electron chi connectivity index (χ0n) is 12.5. The van der Waals surface area contributed by atoms with Gasteiger partial charge in [0.05, 0.1) is 6.61 Å². The van der Waals surface area contributed by atoms with E-state index in [2.05, 4.69) is 0 Å². The van der Waals surface area contributed by atoms with Crippen molar-refractivity contribution < 1.29 is 19.4 Å². The van der Waals surface area contributed by atoms with Gasteiger partial charge in [0.2, 0.25) is 0 Å². The lowest BCUT2D eigenvalue weighted by atomic mass is 9.77. The van der Waals surface area contributed by atoms with E-state index >= 15 is 0 Å². The van der Waals surface area contributed by atoms with Crippen LogP contribution in [0, 0.1) is 19.3 Å². The number of hydrogen-bond donors (Lipinski definition) is 1. The van der Waals surface area contributed by atoms with Crippen LogP contribution in [0.4, 0.5) is 0 Å². The fourth-order valence-corrected chi connectivity index (χ4v) is 2.35. The van der Waals surface area contributed by atoms with E-state index in [1.807, 2.05) is 32.0 Å². The van der Waals surface area contributed by atoms with E-state index in [4.69, 9.17) is 4.74 Å². The summed E-state index contributed by atoms with van der Waals surface area (Å²) in [6.45, 7) is 7.42. The Morgan fingerprint density at radius 2 is 1.75 bits per heavy atom. The molecule has 1 N–H and O–H groups in total. The summed E-state index contributed by atoms with van der Waals surface area (Å²) >= 11 is 0. The monoisotopic (exact) mass is 278 g/mol. The molecule has 0 bridgehead atoms. The van der Waals surface area contributed by atoms with E-state index in [1.54, 1.807) is 13.8 Å². The molecule has 0 aromatic heterocycles. The van der Waals surface area contributed by atoms with Gasteiger partial charge >= 0.3 is 11.9 Å². The number of aryl methyl sites for hydroxylation is 2. The van der Waals surface area contributed by atoms with Crippen molar-refractivity contribution in [2.75, 3.05) is 6.61 Å². The van der Waals surface area contributed by atoms with Gasteiger partial charge in [-0.1, -0.05) is 25.1 Å². The molecule has 1 atom stereocenters. The molecule has 1 aromatic carbocycles. The Morgan fingerprint density at radius 3 is 2.15 bits per heavy atom. The minimum Gasteiger partial charge on any atom is -0.480 e. The van der Waals surface area contributed by atoms with Gasteiger partial charge in [0.15, 0.2) is 5.41 Å². The highest BCUT2D eigenvalue weighted by atomic mass is 16.5. The number of carboxylic acids is 1. The van der Waals surface area contributed by atoms with Crippen LogP contribution >= 0.6 is 0 Å². The second kappa shape index (κ2) is 6.55. The minimum absolute atomic E-state index is 0.163. The van der Waals surface area contributed by atoms with E-state index in [1.165, 1.54) is 0 Å². The molecule has 0 fully saturated rings. The van der Waals surface area contributed by atoms with Crippen LogP contribution in [0.1, 0.15) is 37.0 Å². The van der Waals surface area contributed by atoms with Crippen LogP contribution in [0.15, 0.2) is 18.2 Å². The van der Waals surface area contributed by atoms with Crippen LogP contribution in [-0.4, -0.2) is 23.7 Å². The summed E-state index contributed by atoms with van der Waals surface area (Å²) in [5.74, 6) is -1.78. The molecule has 0 aliphatic carbocycles. The molecule has 110 valence electrons. The number of ether oxygens (including phenoxy) is 1. The molecule has 1 aromatic rings. The Bertz CT molecular complexity index is 487. The Labute approximate surface area is 119 Å². The normalized spacial score (nSPS) is 13.6. The Morgan fingerprint density at radius 1 is 1.20 bits per heavy atom. The molecule has 0 aliphatic heterocycles. The van der Waals surface area contributed by atoms with E-state index in [-0.39, 0.29) is 19.4 Å². The van der Waals surface area contributed by atoms with Gasteiger partial charge in [-0.15, -0.1) is 0 Å². The van der Waals surface area contributed by atoms with Gasteiger partial charge in [-0.25, -0.2) is 0 Å². The number of esters is 1. The van der Waals surface area contributed by atoms with E-state index in [9.17, 15) is 14.7 Å². The molecule has 1 rings (SSSR count). The number of benzene rings is 1. The van der Waals surface area contributed by atoms with Crippen molar-refractivity contribution in [2.24, 2.45) is 5.41 Å². The van der Waals surface area contributed by atoms with Gasteiger partial charge in [-0.05, 0) is 50.3 Å². The lowest BCUT2D eigenvalue weighted by Crippen LogP contribution is -2.42. The highest BCUT2D eigenvalue weighted by Crippen LogP contribution is 2.32. The maximum Gasteiger partial charge on any atom is 0.323 e. The third kappa shape index (κ3) is 3.00. The minimum atomic E-state index is -1.51. The zero-order chi connectivity index (χ0) is 15.3. The molecule has 0 saturated heterocycles. The summed E-state index contributed by atoms with van der Waals surface area (Å²) in [6, 6.07) is 5.78. The molecule has 0 aliphatic rings. The maximum absolute atomic E-state index is 12.2. The highest BCUT2D eigenvalue weighted by Gasteiger charge is 2.46. The lowest BCUT2D eigenvalue weighted by molar-refractivity contribution is -0.168. The second-order valence-corrected chi connectivity index (χ2v) is 5.01. The molecule has 4 nitrogen and oxygen atoms in total. The number of hydrogen-bond acceptors (Lipinski definition) is 3. The molecule has 20 heavy (non-hydrogen) atoms. The van der Waals surface area contributed by atoms with Gasteiger partial charge in [0.25, 0.3) is 0 Å². The number of rotatable bonds is 6. The van der Waals surface area contributed by atoms with Crippen LogP contribution < -0.4 is 0 Å². The maximum atomic E-state index is 12.2.